The number of nitriles is 2. The van der Waals surface area contributed by atoms with Crippen molar-refractivity contribution in [3.05, 3.63) is 22.3 Å². The fourth-order valence-corrected chi connectivity index (χ4v) is 2.57. The van der Waals surface area contributed by atoms with Crippen molar-refractivity contribution in [2.45, 2.75) is 20.8 Å². The maximum Gasteiger partial charge on any atom is 0.332 e. The summed E-state index contributed by atoms with van der Waals surface area (Å²) < 4.78 is 0. The lowest BCUT2D eigenvalue weighted by Crippen LogP contribution is -2.42. The van der Waals surface area contributed by atoms with Crippen LogP contribution in [0.5, 0.6) is 0 Å². The largest absolute Gasteiger partial charge is 0.480 e. The van der Waals surface area contributed by atoms with Crippen LogP contribution in [0.3, 0.4) is 0 Å². The van der Waals surface area contributed by atoms with Gasteiger partial charge in [0.25, 0.3) is 0 Å². The summed E-state index contributed by atoms with van der Waals surface area (Å²) in [5.41, 5.74) is -1.96. The zero-order valence-electron chi connectivity index (χ0n) is 10.7. The average Bonchev–Trinajstić information content (AvgIpc) is 2.29. The van der Waals surface area contributed by atoms with Gasteiger partial charge in [-0.05, 0) is 25.0 Å². The van der Waals surface area contributed by atoms with E-state index in [1.807, 2.05) is 0 Å². The third kappa shape index (κ3) is 1.69. The Kier molecular flexibility index (Phi) is 3.49. The molecular weight excluding hydrogens is 248 g/mol. The highest BCUT2D eigenvalue weighted by Gasteiger charge is 2.53. The molecule has 0 aliphatic heterocycles. The molecule has 1 aliphatic rings. The van der Waals surface area contributed by atoms with Gasteiger partial charge in [0.15, 0.2) is 5.41 Å². The van der Waals surface area contributed by atoms with E-state index in [0.717, 1.165) is 0 Å². The van der Waals surface area contributed by atoms with Crippen LogP contribution in [0.2, 0.25) is 0 Å². The van der Waals surface area contributed by atoms with Crippen molar-refractivity contribution in [1.29, 1.82) is 10.5 Å². The van der Waals surface area contributed by atoms with Gasteiger partial charge < -0.3 is 10.2 Å². The molecule has 2 atom stereocenters. The Hall–Kier alpha value is -2.60. The molecule has 6 heteroatoms. The monoisotopic (exact) mass is 260 g/mol. The number of rotatable bonds is 2. The minimum atomic E-state index is -2.02. The molecule has 0 fully saturated rings. The fourth-order valence-electron chi connectivity index (χ4n) is 2.57. The van der Waals surface area contributed by atoms with E-state index < -0.39 is 23.3 Å². The standard InChI is InChI=1S/C13H12N2O4/c1-6-9(4-14)7(2)13(5-15,12(18)19)8(3)10(6)11(16)17/h8H,1-3H3,(H,16,17)(H,18,19). The predicted molar refractivity (Wildman–Crippen MR) is 63.5 cm³/mol. The zero-order valence-corrected chi connectivity index (χ0v) is 10.7. The molecule has 1 aliphatic carbocycles. The van der Waals surface area contributed by atoms with Gasteiger partial charge in [-0.2, -0.15) is 10.5 Å². The lowest BCUT2D eigenvalue weighted by Gasteiger charge is -2.35. The molecule has 0 aromatic heterocycles. The smallest absolute Gasteiger partial charge is 0.332 e. The molecule has 2 N–H and O–H groups in total. The van der Waals surface area contributed by atoms with Crippen molar-refractivity contribution in [2.75, 3.05) is 0 Å². The average molecular weight is 260 g/mol. The number of carboxylic acids is 2. The molecular formula is C13H12N2O4. The van der Waals surface area contributed by atoms with E-state index in [4.69, 9.17) is 5.26 Å². The summed E-state index contributed by atoms with van der Waals surface area (Å²) in [4.78, 5) is 22.8. The van der Waals surface area contributed by atoms with Crippen molar-refractivity contribution in [1.82, 2.24) is 0 Å². The summed E-state index contributed by atoms with van der Waals surface area (Å²) in [6.45, 7) is 4.21. The van der Waals surface area contributed by atoms with Crippen LogP contribution < -0.4 is 0 Å². The second-order valence-electron chi connectivity index (χ2n) is 4.40. The normalized spacial score (nSPS) is 26.7. The molecule has 98 valence electrons. The van der Waals surface area contributed by atoms with Crippen molar-refractivity contribution < 1.29 is 19.8 Å². The van der Waals surface area contributed by atoms with Gasteiger partial charge in [0.05, 0.1) is 17.7 Å². The highest BCUT2D eigenvalue weighted by Crippen LogP contribution is 2.47. The summed E-state index contributed by atoms with van der Waals surface area (Å²) in [7, 11) is 0. The van der Waals surface area contributed by atoms with Gasteiger partial charge in [0, 0.05) is 11.5 Å². The van der Waals surface area contributed by atoms with E-state index in [0.29, 0.717) is 0 Å². The number of aliphatic carboxylic acids is 2. The molecule has 0 aromatic rings. The van der Waals surface area contributed by atoms with Crippen LogP contribution in [0.25, 0.3) is 0 Å². The SMILES string of the molecule is CC1=C(C(=O)O)C(C)C(C#N)(C(=O)O)C(C)=C1C#N. The van der Waals surface area contributed by atoms with Crippen LogP contribution >= 0.6 is 0 Å². The molecule has 1 rings (SSSR count). The highest BCUT2D eigenvalue weighted by atomic mass is 16.4. The van der Waals surface area contributed by atoms with E-state index in [1.54, 1.807) is 12.1 Å². The predicted octanol–water partition coefficient (Wildman–Crippen LogP) is 1.47. The van der Waals surface area contributed by atoms with Crippen molar-refractivity contribution in [2.24, 2.45) is 11.3 Å². The second-order valence-corrected chi connectivity index (χ2v) is 4.40. The van der Waals surface area contributed by atoms with Gasteiger partial charge in [0.1, 0.15) is 0 Å². The van der Waals surface area contributed by atoms with Crippen LogP contribution in [0, 0.1) is 34.0 Å². The second kappa shape index (κ2) is 4.58. The van der Waals surface area contributed by atoms with Gasteiger partial charge in [-0.1, -0.05) is 6.92 Å². The van der Waals surface area contributed by atoms with Gasteiger partial charge in [-0.25, -0.2) is 4.79 Å². The number of nitrogens with zero attached hydrogens (tertiary/aromatic N) is 2. The summed E-state index contributed by atoms with van der Waals surface area (Å²) in [5.74, 6) is -3.80. The molecule has 0 saturated carbocycles. The van der Waals surface area contributed by atoms with Crippen LogP contribution in [0.1, 0.15) is 20.8 Å². The van der Waals surface area contributed by atoms with Gasteiger partial charge in [0.2, 0.25) is 0 Å². The van der Waals surface area contributed by atoms with Gasteiger partial charge in [-0.3, -0.25) is 4.79 Å². The van der Waals surface area contributed by atoms with Gasteiger partial charge >= 0.3 is 11.9 Å². The molecule has 0 saturated heterocycles. The highest BCUT2D eigenvalue weighted by molar-refractivity contribution is 5.95. The van der Waals surface area contributed by atoms with E-state index in [9.17, 15) is 25.1 Å². The molecule has 2 unspecified atom stereocenters. The number of hydrogen-bond acceptors (Lipinski definition) is 4. The number of carbonyl (C=O) groups is 2. The van der Waals surface area contributed by atoms with E-state index in [1.165, 1.54) is 20.8 Å². The van der Waals surface area contributed by atoms with Crippen LogP contribution in [0.4, 0.5) is 0 Å². The number of carboxylic acid groups (broad SMARTS) is 2. The first-order valence-corrected chi connectivity index (χ1v) is 5.46. The molecule has 0 heterocycles. The lowest BCUT2D eigenvalue weighted by atomic mass is 9.63. The third-order valence-corrected chi connectivity index (χ3v) is 3.68. The first-order chi connectivity index (χ1) is 8.75. The third-order valence-electron chi connectivity index (χ3n) is 3.68. The fraction of sp³-hybridized carbons (Fsp3) is 0.385. The van der Waals surface area contributed by atoms with Crippen molar-refractivity contribution >= 4 is 11.9 Å². The molecule has 0 amide bonds. The molecule has 0 spiro atoms. The Labute approximate surface area is 109 Å². The van der Waals surface area contributed by atoms with Crippen LogP contribution in [0.15, 0.2) is 22.3 Å². The first kappa shape index (κ1) is 14.5. The summed E-state index contributed by atoms with van der Waals surface area (Å²) in [6.07, 6.45) is 0. The Morgan fingerprint density at radius 2 is 1.79 bits per heavy atom. The minimum Gasteiger partial charge on any atom is -0.480 e. The zero-order chi connectivity index (χ0) is 15.0. The molecule has 0 bridgehead atoms. The number of allylic oxidation sites excluding steroid dienone is 2. The Bertz CT molecular complexity index is 616. The van der Waals surface area contributed by atoms with Gasteiger partial charge in [-0.15, -0.1) is 0 Å². The minimum absolute atomic E-state index is 0.0422. The summed E-state index contributed by atoms with van der Waals surface area (Å²) in [5, 5.41) is 36.9. The Balaban J connectivity index is 3.83. The van der Waals surface area contributed by atoms with Crippen LogP contribution in [-0.2, 0) is 9.59 Å². The topological polar surface area (TPSA) is 122 Å². The summed E-state index contributed by atoms with van der Waals surface area (Å²) in [6, 6.07) is 3.48. The molecule has 0 radical (unpaired) electrons. The molecule has 19 heavy (non-hydrogen) atoms. The quantitative estimate of drug-likeness (QED) is 0.775. The summed E-state index contributed by atoms with van der Waals surface area (Å²) >= 11 is 0. The van der Waals surface area contributed by atoms with Crippen molar-refractivity contribution in [3.63, 3.8) is 0 Å². The van der Waals surface area contributed by atoms with E-state index >= 15 is 0 Å². The maximum absolute atomic E-state index is 11.5. The molecule has 6 nitrogen and oxygen atoms in total. The number of hydrogen-bond donors (Lipinski definition) is 2. The van der Waals surface area contributed by atoms with E-state index in [2.05, 4.69) is 0 Å². The van der Waals surface area contributed by atoms with E-state index in [-0.39, 0.29) is 22.3 Å². The first-order valence-electron chi connectivity index (χ1n) is 5.46. The lowest BCUT2D eigenvalue weighted by molar-refractivity contribution is -0.145. The Morgan fingerprint density at radius 1 is 1.26 bits per heavy atom. The molecule has 0 aromatic carbocycles. The van der Waals surface area contributed by atoms with Crippen molar-refractivity contribution in [3.8, 4) is 12.1 Å². The Morgan fingerprint density at radius 3 is 2.11 bits per heavy atom. The van der Waals surface area contributed by atoms with Crippen LogP contribution in [-0.4, -0.2) is 22.2 Å². The maximum atomic E-state index is 11.5.